The Bertz CT molecular complexity index is 131. The van der Waals surface area contributed by atoms with Gasteiger partial charge in [0.1, 0.15) is 0 Å². The maximum Gasteiger partial charge on any atom is 0.0120 e. The van der Waals surface area contributed by atoms with Crippen LogP contribution in [0.2, 0.25) is 0 Å². The van der Waals surface area contributed by atoms with Crippen molar-refractivity contribution in [1.29, 1.82) is 0 Å². The quantitative estimate of drug-likeness (QED) is 0.606. The highest BCUT2D eigenvalue weighted by Gasteiger charge is 2.20. The maximum absolute atomic E-state index is 3.95. The van der Waals surface area contributed by atoms with E-state index in [0.29, 0.717) is 5.92 Å². The van der Waals surface area contributed by atoms with Gasteiger partial charge >= 0.3 is 0 Å². The molecule has 0 aliphatic carbocycles. The van der Waals surface area contributed by atoms with E-state index in [2.05, 4.69) is 23.8 Å². The minimum absolute atomic E-state index is 0.676. The van der Waals surface area contributed by atoms with Gasteiger partial charge in [-0.05, 0) is 20.0 Å². The summed E-state index contributed by atoms with van der Waals surface area (Å²) in [6, 6.07) is 0. The van der Waals surface area contributed by atoms with E-state index in [1.54, 1.807) is 0 Å². The number of nitrogens with zero attached hydrogens (tertiary/aromatic N) is 1. The average molecular weight is 140 g/mol. The van der Waals surface area contributed by atoms with E-state index in [-0.39, 0.29) is 0 Å². The second-order valence-electron chi connectivity index (χ2n) is 3.02. The lowest BCUT2D eigenvalue weighted by Crippen LogP contribution is -2.19. The molecule has 1 fully saturated rings. The van der Waals surface area contributed by atoms with Crippen molar-refractivity contribution < 1.29 is 0 Å². The fraction of sp³-hybridized carbons (Fsp3) is 0.750. The molecule has 2 heteroatoms. The molecule has 2 nitrogen and oxygen atoms in total. The molecule has 0 amide bonds. The Morgan fingerprint density at radius 3 is 2.80 bits per heavy atom. The molecule has 1 unspecified atom stereocenters. The highest BCUT2D eigenvalue weighted by Crippen LogP contribution is 2.18. The summed E-state index contributed by atoms with van der Waals surface area (Å²) in [5, 5.41) is 3.11. The summed E-state index contributed by atoms with van der Waals surface area (Å²) in [6.45, 7) is 6.33. The van der Waals surface area contributed by atoms with Gasteiger partial charge in [0.05, 0.1) is 0 Å². The zero-order valence-corrected chi connectivity index (χ0v) is 6.85. The monoisotopic (exact) mass is 140 g/mol. The van der Waals surface area contributed by atoms with Crippen LogP contribution in [0.5, 0.6) is 0 Å². The van der Waals surface area contributed by atoms with Crippen molar-refractivity contribution in [2.45, 2.75) is 6.42 Å². The molecule has 1 aliphatic heterocycles. The molecule has 10 heavy (non-hydrogen) atoms. The first kappa shape index (κ1) is 7.61. The van der Waals surface area contributed by atoms with Crippen molar-refractivity contribution in [3.8, 4) is 0 Å². The second kappa shape index (κ2) is 3.06. The van der Waals surface area contributed by atoms with Crippen molar-refractivity contribution in [2.24, 2.45) is 5.92 Å². The summed E-state index contributed by atoms with van der Waals surface area (Å²) >= 11 is 0. The number of hydrogen-bond acceptors (Lipinski definition) is 2. The van der Waals surface area contributed by atoms with E-state index < -0.39 is 0 Å². The second-order valence-corrected chi connectivity index (χ2v) is 3.02. The van der Waals surface area contributed by atoms with Gasteiger partial charge in [0.2, 0.25) is 0 Å². The highest BCUT2D eigenvalue weighted by molar-refractivity contribution is 5.00. The molecule has 1 aliphatic rings. The Labute approximate surface area is 62.9 Å². The summed E-state index contributed by atoms with van der Waals surface area (Å²) in [7, 11) is 4.10. The molecule has 1 atom stereocenters. The first-order chi connectivity index (χ1) is 4.74. The van der Waals surface area contributed by atoms with Gasteiger partial charge in [-0.2, -0.15) is 0 Å². The molecule has 1 N–H and O–H groups in total. The summed E-state index contributed by atoms with van der Waals surface area (Å²) in [5.74, 6) is 0.676. The van der Waals surface area contributed by atoms with E-state index >= 15 is 0 Å². The van der Waals surface area contributed by atoms with Crippen molar-refractivity contribution in [3.63, 3.8) is 0 Å². The zero-order chi connectivity index (χ0) is 7.56. The van der Waals surface area contributed by atoms with Crippen LogP contribution in [0.25, 0.3) is 0 Å². The fourth-order valence-corrected chi connectivity index (χ4v) is 1.42. The average Bonchev–Trinajstić information content (AvgIpc) is 2.34. The molecular weight excluding hydrogens is 124 g/mol. The van der Waals surface area contributed by atoms with Gasteiger partial charge < -0.3 is 10.2 Å². The molecule has 0 spiro atoms. The minimum atomic E-state index is 0.676. The van der Waals surface area contributed by atoms with Gasteiger partial charge in [-0.15, -0.1) is 0 Å². The molecule has 0 saturated carbocycles. The first-order valence-corrected chi connectivity index (χ1v) is 3.79. The number of nitrogens with one attached hydrogen (secondary N) is 1. The summed E-state index contributed by atoms with van der Waals surface area (Å²) in [6.07, 6.45) is 1.26. The van der Waals surface area contributed by atoms with Crippen LogP contribution < -0.4 is 5.32 Å². The van der Waals surface area contributed by atoms with Gasteiger partial charge in [0.15, 0.2) is 0 Å². The summed E-state index contributed by atoms with van der Waals surface area (Å²) in [4.78, 5) is 2.34. The maximum atomic E-state index is 3.95. The number of likely N-dealkylation sites (tertiary alicyclic amines) is 1. The standard InChI is InChI=1S/C8H16N2/c1-7(9-2)8-4-5-10(3)6-8/h8-9H,1,4-6H2,2-3H3. The Balaban J connectivity index is 2.37. The predicted molar refractivity (Wildman–Crippen MR) is 43.8 cm³/mol. The fourth-order valence-electron chi connectivity index (χ4n) is 1.42. The largest absolute Gasteiger partial charge is 0.392 e. The van der Waals surface area contributed by atoms with Crippen molar-refractivity contribution in [3.05, 3.63) is 12.3 Å². The van der Waals surface area contributed by atoms with E-state index in [1.807, 2.05) is 7.05 Å². The van der Waals surface area contributed by atoms with Crippen LogP contribution in [-0.2, 0) is 0 Å². The van der Waals surface area contributed by atoms with E-state index in [0.717, 1.165) is 0 Å². The first-order valence-electron chi connectivity index (χ1n) is 3.79. The molecule has 1 rings (SSSR count). The van der Waals surface area contributed by atoms with Crippen LogP contribution in [0, 0.1) is 5.92 Å². The van der Waals surface area contributed by atoms with Crippen LogP contribution in [-0.4, -0.2) is 32.1 Å². The topological polar surface area (TPSA) is 15.3 Å². The lowest BCUT2D eigenvalue weighted by molar-refractivity contribution is 0.403. The van der Waals surface area contributed by atoms with Gasteiger partial charge in [-0.3, -0.25) is 0 Å². The lowest BCUT2D eigenvalue weighted by Gasteiger charge is -2.12. The molecule has 58 valence electrons. The molecule has 0 radical (unpaired) electrons. The van der Waals surface area contributed by atoms with E-state index in [1.165, 1.54) is 25.2 Å². The molecule has 0 aromatic carbocycles. The Morgan fingerprint density at radius 2 is 2.40 bits per heavy atom. The molecule has 1 saturated heterocycles. The number of hydrogen-bond donors (Lipinski definition) is 1. The zero-order valence-electron chi connectivity index (χ0n) is 6.85. The van der Waals surface area contributed by atoms with Gasteiger partial charge in [0, 0.05) is 25.2 Å². The van der Waals surface area contributed by atoms with Crippen LogP contribution >= 0.6 is 0 Å². The molecule has 1 heterocycles. The van der Waals surface area contributed by atoms with Gasteiger partial charge in [0.25, 0.3) is 0 Å². The third-order valence-electron chi connectivity index (χ3n) is 2.21. The normalized spacial score (nSPS) is 26.8. The lowest BCUT2D eigenvalue weighted by atomic mass is 10.1. The summed E-state index contributed by atoms with van der Waals surface area (Å²) < 4.78 is 0. The Morgan fingerprint density at radius 1 is 1.70 bits per heavy atom. The number of rotatable bonds is 2. The van der Waals surface area contributed by atoms with Crippen LogP contribution in [0.3, 0.4) is 0 Å². The highest BCUT2D eigenvalue weighted by atomic mass is 15.1. The molecular formula is C8H16N2. The predicted octanol–water partition coefficient (Wildman–Crippen LogP) is 0.671. The van der Waals surface area contributed by atoms with Crippen molar-refractivity contribution in [2.75, 3.05) is 27.2 Å². The third kappa shape index (κ3) is 1.51. The molecule has 0 aromatic heterocycles. The van der Waals surface area contributed by atoms with Crippen molar-refractivity contribution in [1.82, 2.24) is 10.2 Å². The third-order valence-corrected chi connectivity index (χ3v) is 2.21. The van der Waals surface area contributed by atoms with Crippen LogP contribution in [0.1, 0.15) is 6.42 Å². The Hall–Kier alpha value is -0.500. The summed E-state index contributed by atoms with van der Waals surface area (Å²) in [5.41, 5.74) is 1.18. The smallest absolute Gasteiger partial charge is 0.0120 e. The van der Waals surface area contributed by atoms with E-state index in [9.17, 15) is 0 Å². The van der Waals surface area contributed by atoms with E-state index in [4.69, 9.17) is 0 Å². The molecule has 0 aromatic rings. The van der Waals surface area contributed by atoms with Crippen LogP contribution in [0.15, 0.2) is 12.3 Å². The SMILES string of the molecule is C=C(NC)C1CCN(C)C1. The van der Waals surface area contributed by atoms with Gasteiger partial charge in [-0.25, -0.2) is 0 Å². The van der Waals surface area contributed by atoms with Crippen LogP contribution in [0.4, 0.5) is 0 Å². The minimum Gasteiger partial charge on any atom is -0.392 e. The van der Waals surface area contributed by atoms with Gasteiger partial charge in [-0.1, -0.05) is 6.58 Å². The molecule has 0 bridgehead atoms. The van der Waals surface area contributed by atoms with Crippen molar-refractivity contribution >= 4 is 0 Å². The Kier molecular flexibility index (Phi) is 2.33.